The number of halogens is 1. The summed E-state index contributed by atoms with van der Waals surface area (Å²) in [5.41, 5.74) is 8.23. The molecule has 3 N–H and O–H groups in total. The van der Waals surface area contributed by atoms with Gasteiger partial charge in [0, 0.05) is 16.7 Å². The quantitative estimate of drug-likeness (QED) is 0.823. The molecule has 102 valence electrons. The van der Waals surface area contributed by atoms with Gasteiger partial charge in [0.25, 0.3) is 10.0 Å². The SMILES string of the molecule is Cc1c(N)cccc1CNS(=O)(=O)c1sccc1Br. The van der Waals surface area contributed by atoms with Crippen molar-refractivity contribution < 1.29 is 8.42 Å². The Balaban J connectivity index is 2.19. The van der Waals surface area contributed by atoms with Gasteiger partial charge < -0.3 is 5.73 Å². The van der Waals surface area contributed by atoms with Crippen molar-refractivity contribution >= 4 is 43.0 Å². The highest BCUT2D eigenvalue weighted by Gasteiger charge is 2.19. The largest absolute Gasteiger partial charge is 0.399 e. The molecule has 0 spiro atoms. The molecule has 1 aromatic heterocycles. The number of nitrogens with one attached hydrogen (secondary N) is 1. The predicted molar refractivity (Wildman–Crippen MR) is 81.6 cm³/mol. The molecule has 0 fully saturated rings. The van der Waals surface area contributed by atoms with E-state index in [1.165, 1.54) is 11.3 Å². The number of sulfonamides is 1. The Morgan fingerprint density at radius 1 is 1.37 bits per heavy atom. The first-order valence-corrected chi connectivity index (χ1v) is 8.64. The molecular weight excluding hydrogens is 348 g/mol. The van der Waals surface area contributed by atoms with Crippen LogP contribution < -0.4 is 10.5 Å². The molecular formula is C12H13BrN2O2S2. The van der Waals surface area contributed by atoms with Gasteiger partial charge in [-0.15, -0.1) is 11.3 Å². The van der Waals surface area contributed by atoms with Gasteiger partial charge in [-0.3, -0.25) is 0 Å². The maximum absolute atomic E-state index is 12.1. The van der Waals surface area contributed by atoms with Gasteiger partial charge in [0.2, 0.25) is 0 Å². The standard InChI is InChI=1S/C12H13BrN2O2S2/c1-8-9(3-2-4-11(8)14)7-15-19(16,17)12-10(13)5-6-18-12/h2-6,15H,7,14H2,1H3. The Hall–Kier alpha value is -0.890. The lowest BCUT2D eigenvalue weighted by atomic mass is 10.1. The van der Waals surface area contributed by atoms with E-state index in [0.717, 1.165) is 11.1 Å². The van der Waals surface area contributed by atoms with E-state index in [1.807, 2.05) is 19.1 Å². The second kappa shape index (κ2) is 5.62. The van der Waals surface area contributed by atoms with Gasteiger partial charge in [-0.1, -0.05) is 12.1 Å². The lowest BCUT2D eigenvalue weighted by Gasteiger charge is -2.09. The Kier molecular flexibility index (Phi) is 4.29. The van der Waals surface area contributed by atoms with Crippen molar-refractivity contribution in [2.45, 2.75) is 17.7 Å². The van der Waals surface area contributed by atoms with E-state index in [0.29, 0.717) is 10.2 Å². The van der Waals surface area contributed by atoms with Crippen LogP contribution in [0.3, 0.4) is 0 Å². The molecule has 2 rings (SSSR count). The summed E-state index contributed by atoms with van der Waals surface area (Å²) in [6.07, 6.45) is 0. The second-order valence-corrected chi connectivity index (χ2v) is 7.74. The minimum absolute atomic E-state index is 0.226. The van der Waals surface area contributed by atoms with E-state index in [-0.39, 0.29) is 10.8 Å². The Morgan fingerprint density at radius 3 is 2.74 bits per heavy atom. The molecule has 0 aliphatic carbocycles. The summed E-state index contributed by atoms with van der Waals surface area (Å²) < 4.78 is 27.7. The molecule has 0 saturated heterocycles. The monoisotopic (exact) mass is 360 g/mol. The van der Waals surface area contributed by atoms with Gasteiger partial charge in [0.1, 0.15) is 4.21 Å². The summed E-state index contributed by atoms with van der Waals surface area (Å²) in [5, 5.41) is 1.73. The molecule has 2 aromatic rings. The van der Waals surface area contributed by atoms with Crippen LogP contribution in [0.5, 0.6) is 0 Å². The van der Waals surface area contributed by atoms with Crippen molar-refractivity contribution in [3.8, 4) is 0 Å². The molecule has 0 saturated carbocycles. The number of nitrogens with two attached hydrogens (primary N) is 1. The number of rotatable bonds is 4. The lowest BCUT2D eigenvalue weighted by molar-refractivity contribution is 0.583. The lowest BCUT2D eigenvalue weighted by Crippen LogP contribution is -2.23. The van der Waals surface area contributed by atoms with Gasteiger partial charge in [0.05, 0.1) is 0 Å². The normalized spacial score (nSPS) is 11.7. The van der Waals surface area contributed by atoms with Crippen molar-refractivity contribution in [3.63, 3.8) is 0 Å². The smallest absolute Gasteiger partial charge is 0.251 e. The van der Waals surface area contributed by atoms with Gasteiger partial charge >= 0.3 is 0 Å². The van der Waals surface area contributed by atoms with Crippen LogP contribution in [0.2, 0.25) is 0 Å². The zero-order valence-corrected chi connectivity index (χ0v) is 13.4. The van der Waals surface area contributed by atoms with Crippen molar-refractivity contribution in [1.29, 1.82) is 0 Å². The summed E-state index contributed by atoms with van der Waals surface area (Å²) in [6.45, 7) is 2.10. The molecule has 1 aromatic carbocycles. The fraction of sp³-hybridized carbons (Fsp3) is 0.167. The van der Waals surface area contributed by atoms with Crippen LogP contribution in [0.25, 0.3) is 0 Å². The first kappa shape index (κ1) is 14.5. The van der Waals surface area contributed by atoms with Crippen molar-refractivity contribution in [1.82, 2.24) is 4.72 Å². The maximum Gasteiger partial charge on any atom is 0.251 e. The third-order valence-corrected chi connectivity index (χ3v) is 6.84. The highest BCUT2D eigenvalue weighted by molar-refractivity contribution is 9.10. The van der Waals surface area contributed by atoms with E-state index in [9.17, 15) is 8.42 Å². The van der Waals surface area contributed by atoms with Crippen LogP contribution in [-0.4, -0.2) is 8.42 Å². The van der Waals surface area contributed by atoms with Crippen molar-refractivity contribution in [2.24, 2.45) is 0 Å². The third kappa shape index (κ3) is 3.17. The van der Waals surface area contributed by atoms with Gasteiger partial charge in [-0.05, 0) is 51.5 Å². The molecule has 0 aliphatic rings. The fourth-order valence-corrected chi connectivity index (χ4v) is 4.99. The van der Waals surface area contributed by atoms with E-state index >= 15 is 0 Å². The van der Waals surface area contributed by atoms with Crippen LogP contribution in [0.1, 0.15) is 11.1 Å². The summed E-state index contributed by atoms with van der Waals surface area (Å²) in [4.78, 5) is 0. The zero-order chi connectivity index (χ0) is 14.0. The van der Waals surface area contributed by atoms with Crippen molar-refractivity contribution in [2.75, 3.05) is 5.73 Å². The summed E-state index contributed by atoms with van der Waals surface area (Å²) in [7, 11) is -3.49. The average molecular weight is 361 g/mol. The minimum atomic E-state index is -3.49. The number of benzene rings is 1. The van der Waals surface area contributed by atoms with Gasteiger partial charge in [-0.25, -0.2) is 13.1 Å². The van der Waals surface area contributed by atoms with E-state index < -0.39 is 10.0 Å². The maximum atomic E-state index is 12.1. The number of anilines is 1. The van der Waals surface area contributed by atoms with E-state index in [4.69, 9.17) is 5.73 Å². The minimum Gasteiger partial charge on any atom is -0.399 e. The Labute approximate surface area is 124 Å². The number of hydrogen-bond donors (Lipinski definition) is 2. The molecule has 1 heterocycles. The molecule has 0 unspecified atom stereocenters. The number of thiophene rings is 1. The molecule has 4 nitrogen and oxygen atoms in total. The number of nitrogen functional groups attached to an aromatic ring is 1. The number of hydrogen-bond acceptors (Lipinski definition) is 4. The molecule has 0 bridgehead atoms. The molecule has 7 heteroatoms. The van der Waals surface area contributed by atoms with Crippen molar-refractivity contribution in [3.05, 3.63) is 45.2 Å². The van der Waals surface area contributed by atoms with Crippen LogP contribution in [0.4, 0.5) is 5.69 Å². The van der Waals surface area contributed by atoms with Gasteiger partial charge in [-0.2, -0.15) is 0 Å². The topological polar surface area (TPSA) is 72.2 Å². The highest BCUT2D eigenvalue weighted by Crippen LogP contribution is 2.27. The van der Waals surface area contributed by atoms with Crippen LogP contribution >= 0.6 is 27.3 Å². The predicted octanol–water partition coefficient (Wildman–Crippen LogP) is 2.88. The molecule has 0 amide bonds. The second-order valence-electron chi connectivity index (χ2n) is 4.01. The van der Waals surface area contributed by atoms with E-state index in [1.54, 1.807) is 17.5 Å². The zero-order valence-electron chi connectivity index (χ0n) is 10.2. The molecule has 0 atom stereocenters. The first-order valence-electron chi connectivity index (χ1n) is 5.48. The van der Waals surface area contributed by atoms with E-state index in [2.05, 4.69) is 20.7 Å². The fourth-order valence-electron chi connectivity index (χ4n) is 1.60. The van der Waals surface area contributed by atoms with Crippen LogP contribution in [-0.2, 0) is 16.6 Å². The third-order valence-electron chi connectivity index (χ3n) is 2.77. The molecule has 0 aliphatic heterocycles. The summed E-state index contributed by atoms with van der Waals surface area (Å²) in [6, 6.07) is 7.18. The van der Waals surface area contributed by atoms with Crippen LogP contribution in [0, 0.1) is 6.92 Å². The first-order chi connectivity index (χ1) is 8.92. The molecule has 0 radical (unpaired) electrons. The Morgan fingerprint density at radius 2 is 2.11 bits per heavy atom. The highest BCUT2D eigenvalue weighted by atomic mass is 79.9. The molecule has 19 heavy (non-hydrogen) atoms. The van der Waals surface area contributed by atoms with Crippen LogP contribution in [0.15, 0.2) is 38.3 Å². The Bertz CT molecular complexity index is 696. The summed E-state index contributed by atoms with van der Waals surface area (Å²) >= 11 is 4.40. The van der Waals surface area contributed by atoms with Gasteiger partial charge in [0.15, 0.2) is 0 Å². The average Bonchev–Trinajstić information content (AvgIpc) is 2.78. The summed E-state index contributed by atoms with van der Waals surface area (Å²) in [5.74, 6) is 0.